The molecule has 0 aliphatic heterocycles. The SMILES string of the molecule is O=Cc1cnn(-c2ccc(Cl)c(F)c2)c1-c1ccccc1. The standard InChI is InChI=1S/C16H10ClFN2O/c17-14-7-6-13(8-15(14)18)20-16(12(10-21)9-19-20)11-4-2-1-3-5-11/h1-10H. The summed E-state index contributed by atoms with van der Waals surface area (Å²) in [6.45, 7) is 0. The first-order valence-electron chi connectivity index (χ1n) is 6.25. The molecule has 0 radical (unpaired) electrons. The Labute approximate surface area is 125 Å². The van der Waals surface area contributed by atoms with Crippen molar-refractivity contribution in [2.24, 2.45) is 0 Å². The Hall–Kier alpha value is -2.46. The average molecular weight is 301 g/mol. The van der Waals surface area contributed by atoms with E-state index in [2.05, 4.69) is 5.10 Å². The molecule has 0 N–H and O–H groups in total. The third-order valence-electron chi connectivity index (χ3n) is 3.12. The minimum absolute atomic E-state index is 0.0442. The molecule has 0 unspecified atom stereocenters. The molecule has 0 fully saturated rings. The van der Waals surface area contributed by atoms with Gasteiger partial charge in [0.2, 0.25) is 0 Å². The van der Waals surface area contributed by atoms with Crippen molar-refractivity contribution in [3.8, 4) is 16.9 Å². The molecule has 5 heteroatoms. The van der Waals surface area contributed by atoms with Gasteiger partial charge in [0.15, 0.2) is 6.29 Å². The number of carbonyl (C=O) groups is 1. The largest absolute Gasteiger partial charge is 0.298 e. The van der Waals surface area contributed by atoms with Crippen LogP contribution in [0.1, 0.15) is 10.4 Å². The molecule has 3 rings (SSSR count). The summed E-state index contributed by atoms with van der Waals surface area (Å²) in [6, 6.07) is 13.7. The van der Waals surface area contributed by atoms with E-state index in [1.807, 2.05) is 30.3 Å². The first-order chi connectivity index (χ1) is 10.2. The quantitative estimate of drug-likeness (QED) is 0.681. The number of carbonyl (C=O) groups excluding carboxylic acids is 1. The van der Waals surface area contributed by atoms with Crippen molar-refractivity contribution in [2.45, 2.75) is 0 Å². The second-order valence-electron chi connectivity index (χ2n) is 4.44. The summed E-state index contributed by atoms with van der Waals surface area (Å²) in [5, 5.41) is 4.22. The Morgan fingerprint density at radius 3 is 2.57 bits per heavy atom. The maximum absolute atomic E-state index is 13.6. The molecule has 3 nitrogen and oxygen atoms in total. The van der Waals surface area contributed by atoms with E-state index in [1.165, 1.54) is 23.0 Å². The summed E-state index contributed by atoms with van der Waals surface area (Å²) in [5.41, 5.74) is 2.39. The lowest BCUT2D eigenvalue weighted by molar-refractivity contribution is 0.112. The Morgan fingerprint density at radius 1 is 1.14 bits per heavy atom. The highest BCUT2D eigenvalue weighted by molar-refractivity contribution is 6.30. The number of halogens is 2. The molecule has 0 amide bonds. The van der Waals surface area contributed by atoms with Crippen molar-refractivity contribution in [1.82, 2.24) is 9.78 Å². The Balaban J connectivity index is 2.22. The molecular weight excluding hydrogens is 291 g/mol. The number of hydrogen-bond donors (Lipinski definition) is 0. The lowest BCUT2D eigenvalue weighted by Gasteiger charge is -2.09. The maximum atomic E-state index is 13.6. The normalized spacial score (nSPS) is 10.6. The van der Waals surface area contributed by atoms with Crippen molar-refractivity contribution in [1.29, 1.82) is 0 Å². The fraction of sp³-hybridized carbons (Fsp3) is 0. The van der Waals surface area contributed by atoms with Gasteiger partial charge in [-0.2, -0.15) is 5.10 Å². The number of aromatic nitrogens is 2. The fourth-order valence-electron chi connectivity index (χ4n) is 2.14. The summed E-state index contributed by atoms with van der Waals surface area (Å²) in [4.78, 5) is 11.2. The summed E-state index contributed by atoms with van der Waals surface area (Å²) >= 11 is 5.70. The van der Waals surface area contributed by atoms with Crippen molar-refractivity contribution in [2.75, 3.05) is 0 Å². The van der Waals surface area contributed by atoms with E-state index in [9.17, 15) is 9.18 Å². The number of hydrogen-bond acceptors (Lipinski definition) is 2. The minimum Gasteiger partial charge on any atom is -0.298 e. The van der Waals surface area contributed by atoms with Crippen molar-refractivity contribution in [3.63, 3.8) is 0 Å². The lowest BCUT2D eigenvalue weighted by Crippen LogP contribution is -2.00. The molecule has 1 aromatic heterocycles. The third-order valence-corrected chi connectivity index (χ3v) is 3.43. The second-order valence-corrected chi connectivity index (χ2v) is 4.85. The van der Waals surface area contributed by atoms with E-state index >= 15 is 0 Å². The van der Waals surface area contributed by atoms with Crippen molar-refractivity contribution in [3.05, 3.63) is 71.1 Å². The zero-order valence-electron chi connectivity index (χ0n) is 10.8. The molecule has 0 atom stereocenters. The Kier molecular flexibility index (Phi) is 3.54. The van der Waals surface area contributed by atoms with Crippen LogP contribution in [-0.2, 0) is 0 Å². The van der Waals surface area contributed by atoms with Gasteiger partial charge in [-0.25, -0.2) is 9.07 Å². The highest BCUT2D eigenvalue weighted by Gasteiger charge is 2.14. The maximum Gasteiger partial charge on any atom is 0.153 e. The van der Waals surface area contributed by atoms with E-state index in [0.717, 1.165) is 11.8 Å². The fourth-order valence-corrected chi connectivity index (χ4v) is 2.26. The van der Waals surface area contributed by atoms with Gasteiger partial charge in [-0.15, -0.1) is 0 Å². The van der Waals surface area contributed by atoms with Gasteiger partial charge in [0, 0.05) is 11.6 Å². The monoisotopic (exact) mass is 300 g/mol. The zero-order valence-corrected chi connectivity index (χ0v) is 11.6. The number of benzene rings is 2. The Morgan fingerprint density at radius 2 is 1.90 bits per heavy atom. The number of aldehydes is 1. The second kappa shape index (κ2) is 5.50. The number of rotatable bonds is 3. The molecule has 0 saturated heterocycles. The van der Waals surface area contributed by atoms with Crippen LogP contribution in [0.2, 0.25) is 5.02 Å². The topological polar surface area (TPSA) is 34.9 Å². The van der Waals surface area contributed by atoms with Crippen LogP contribution in [0.15, 0.2) is 54.7 Å². The zero-order chi connectivity index (χ0) is 14.8. The molecule has 0 spiro atoms. The van der Waals surface area contributed by atoms with Crippen LogP contribution in [0.5, 0.6) is 0 Å². The molecule has 0 bridgehead atoms. The minimum atomic E-state index is -0.531. The smallest absolute Gasteiger partial charge is 0.153 e. The van der Waals surface area contributed by atoms with Crippen LogP contribution >= 0.6 is 11.6 Å². The van der Waals surface area contributed by atoms with E-state index < -0.39 is 5.82 Å². The van der Waals surface area contributed by atoms with Crippen LogP contribution in [0.3, 0.4) is 0 Å². The highest BCUT2D eigenvalue weighted by Crippen LogP contribution is 2.27. The molecule has 21 heavy (non-hydrogen) atoms. The summed E-state index contributed by atoms with van der Waals surface area (Å²) < 4.78 is 15.2. The predicted octanol–water partition coefficient (Wildman–Crippen LogP) is 4.14. The van der Waals surface area contributed by atoms with E-state index in [1.54, 1.807) is 6.07 Å². The van der Waals surface area contributed by atoms with E-state index in [0.29, 0.717) is 16.9 Å². The molecule has 1 heterocycles. The Bertz CT molecular complexity index is 799. The van der Waals surface area contributed by atoms with Gasteiger partial charge in [0.1, 0.15) is 5.82 Å². The van der Waals surface area contributed by atoms with Crippen molar-refractivity contribution >= 4 is 17.9 Å². The van der Waals surface area contributed by atoms with Gasteiger partial charge >= 0.3 is 0 Å². The van der Waals surface area contributed by atoms with Gasteiger partial charge in [0.25, 0.3) is 0 Å². The molecule has 104 valence electrons. The number of nitrogens with zero attached hydrogens (tertiary/aromatic N) is 2. The lowest BCUT2D eigenvalue weighted by atomic mass is 10.1. The average Bonchev–Trinajstić information content (AvgIpc) is 2.95. The molecule has 0 aliphatic carbocycles. The van der Waals surface area contributed by atoms with Gasteiger partial charge in [0.05, 0.1) is 28.2 Å². The van der Waals surface area contributed by atoms with Crippen LogP contribution in [0.4, 0.5) is 4.39 Å². The van der Waals surface area contributed by atoms with E-state index in [4.69, 9.17) is 11.6 Å². The molecule has 3 aromatic rings. The van der Waals surface area contributed by atoms with Gasteiger partial charge in [-0.3, -0.25) is 4.79 Å². The predicted molar refractivity (Wildman–Crippen MR) is 79.4 cm³/mol. The van der Waals surface area contributed by atoms with Crippen LogP contribution < -0.4 is 0 Å². The van der Waals surface area contributed by atoms with Gasteiger partial charge < -0.3 is 0 Å². The van der Waals surface area contributed by atoms with Crippen molar-refractivity contribution < 1.29 is 9.18 Å². The molecule has 0 aliphatic rings. The summed E-state index contributed by atoms with van der Waals surface area (Å²) in [5.74, 6) is -0.531. The van der Waals surface area contributed by atoms with Gasteiger partial charge in [-0.1, -0.05) is 41.9 Å². The first kappa shape index (κ1) is 13.5. The van der Waals surface area contributed by atoms with Gasteiger partial charge in [-0.05, 0) is 12.1 Å². The van der Waals surface area contributed by atoms with Crippen LogP contribution in [-0.4, -0.2) is 16.1 Å². The third kappa shape index (κ3) is 2.45. The first-order valence-corrected chi connectivity index (χ1v) is 6.62. The van der Waals surface area contributed by atoms with Crippen LogP contribution in [0, 0.1) is 5.82 Å². The van der Waals surface area contributed by atoms with Crippen LogP contribution in [0.25, 0.3) is 16.9 Å². The summed E-state index contributed by atoms with van der Waals surface area (Å²) in [7, 11) is 0. The molecule has 2 aromatic carbocycles. The highest BCUT2D eigenvalue weighted by atomic mass is 35.5. The molecule has 0 saturated carbocycles. The van der Waals surface area contributed by atoms with E-state index in [-0.39, 0.29) is 5.02 Å². The summed E-state index contributed by atoms with van der Waals surface area (Å²) in [6.07, 6.45) is 2.19. The molecular formula is C16H10ClFN2O.